The Hall–Kier alpha value is -0.900. The Morgan fingerprint density at radius 2 is 2.35 bits per heavy atom. The van der Waals surface area contributed by atoms with Gasteiger partial charge in [0.05, 0.1) is 4.83 Å². The Balaban J connectivity index is 1.90. The van der Waals surface area contributed by atoms with Crippen LogP contribution in [0.4, 0.5) is 5.82 Å². The monoisotopic (exact) mass is 296 g/mol. The third-order valence-electron chi connectivity index (χ3n) is 3.19. The van der Waals surface area contributed by atoms with Gasteiger partial charge < -0.3 is 5.32 Å². The highest BCUT2D eigenvalue weighted by Gasteiger charge is 2.17. The van der Waals surface area contributed by atoms with Crippen LogP contribution in [0.25, 0.3) is 0 Å². The van der Waals surface area contributed by atoms with E-state index < -0.39 is 0 Å². The lowest BCUT2D eigenvalue weighted by Gasteiger charge is -2.25. The summed E-state index contributed by atoms with van der Waals surface area (Å²) < 4.78 is 0. The van der Waals surface area contributed by atoms with Crippen LogP contribution in [0.2, 0.25) is 0 Å². The fourth-order valence-corrected chi connectivity index (χ4v) is 1.99. The lowest BCUT2D eigenvalue weighted by atomic mass is 9.81. The van der Waals surface area contributed by atoms with E-state index in [2.05, 4.69) is 32.3 Å². The molecule has 0 radical (unpaired) electrons. The predicted octanol–water partition coefficient (Wildman–Crippen LogP) is 3.15. The number of amides is 1. The number of nitrogens with zero attached hydrogens (tertiary/aromatic N) is 1. The quantitative estimate of drug-likeness (QED) is 0.867. The minimum Gasteiger partial charge on any atom is -0.310 e. The summed E-state index contributed by atoms with van der Waals surface area (Å²) in [5, 5.41) is 2.75. The average Bonchev–Trinajstić information content (AvgIpc) is 2.25. The maximum absolute atomic E-state index is 11.4. The molecule has 92 valence electrons. The molecule has 0 bridgehead atoms. The summed E-state index contributed by atoms with van der Waals surface area (Å²) in [5.74, 6) is 1.41. The molecule has 0 spiro atoms. The molecule has 1 aromatic heterocycles. The van der Waals surface area contributed by atoms with E-state index in [1.54, 1.807) is 6.92 Å². The highest BCUT2D eigenvalue weighted by atomic mass is 79.9. The Bertz CT molecular complexity index is 385. The second kappa shape index (κ2) is 5.63. The molecule has 1 aliphatic carbocycles. The van der Waals surface area contributed by atoms with E-state index in [1.807, 2.05) is 12.3 Å². The molecule has 1 unspecified atom stereocenters. The fraction of sp³-hybridized carbons (Fsp3) is 0.538. The molecule has 1 heterocycles. The van der Waals surface area contributed by atoms with Crippen molar-refractivity contribution in [2.24, 2.45) is 5.92 Å². The number of hydrogen-bond acceptors (Lipinski definition) is 2. The van der Waals surface area contributed by atoms with Gasteiger partial charge in [-0.2, -0.15) is 0 Å². The number of nitrogens with one attached hydrogen (secondary N) is 1. The number of anilines is 1. The molecule has 17 heavy (non-hydrogen) atoms. The minimum absolute atomic E-state index is 0.0655. The summed E-state index contributed by atoms with van der Waals surface area (Å²) in [5.41, 5.74) is 1.26. The summed E-state index contributed by atoms with van der Waals surface area (Å²) in [6, 6.07) is 3.93. The van der Waals surface area contributed by atoms with Crippen molar-refractivity contribution in [2.75, 3.05) is 5.32 Å². The zero-order valence-electron chi connectivity index (χ0n) is 9.95. The number of hydrogen-bond donors (Lipinski definition) is 1. The van der Waals surface area contributed by atoms with Crippen molar-refractivity contribution < 1.29 is 4.79 Å². The van der Waals surface area contributed by atoms with E-state index in [-0.39, 0.29) is 10.7 Å². The standard InChI is InChI=1S/C13H17BrN2O/c1-9(14)13(17)16-12-6-5-11(8-15-12)7-10-3-2-4-10/h5-6,8-10H,2-4,7H2,1H3,(H,15,16,17). The van der Waals surface area contributed by atoms with Crippen LogP contribution >= 0.6 is 15.9 Å². The summed E-state index contributed by atoms with van der Waals surface area (Å²) in [6.07, 6.45) is 7.05. The largest absolute Gasteiger partial charge is 0.310 e. The second-order valence-corrected chi connectivity index (χ2v) is 6.03. The van der Waals surface area contributed by atoms with Gasteiger partial charge in [-0.05, 0) is 30.9 Å². The van der Waals surface area contributed by atoms with Gasteiger partial charge in [-0.1, -0.05) is 41.3 Å². The molecule has 1 saturated carbocycles. The van der Waals surface area contributed by atoms with Crippen molar-refractivity contribution in [3.63, 3.8) is 0 Å². The van der Waals surface area contributed by atoms with Gasteiger partial charge in [-0.3, -0.25) is 4.79 Å². The van der Waals surface area contributed by atoms with Gasteiger partial charge in [-0.15, -0.1) is 0 Å². The first kappa shape index (κ1) is 12.6. The van der Waals surface area contributed by atoms with E-state index in [4.69, 9.17) is 0 Å². The van der Waals surface area contributed by atoms with Crippen molar-refractivity contribution >= 4 is 27.7 Å². The van der Waals surface area contributed by atoms with E-state index >= 15 is 0 Å². The van der Waals surface area contributed by atoms with Crippen LogP contribution < -0.4 is 5.32 Å². The molecule has 0 saturated heterocycles. The van der Waals surface area contributed by atoms with Crippen LogP contribution in [0, 0.1) is 5.92 Å². The highest BCUT2D eigenvalue weighted by Crippen LogP contribution is 2.29. The topological polar surface area (TPSA) is 42.0 Å². The van der Waals surface area contributed by atoms with Crippen molar-refractivity contribution in [2.45, 2.75) is 37.4 Å². The molecule has 1 N–H and O–H groups in total. The third kappa shape index (κ3) is 3.53. The maximum Gasteiger partial charge on any atom is 0.239 e. The molecule has 3 nitrogen and oxygen atoms in total. The van der Waals surface area contributed by atoms with Crippen molar-refractivity contribution in [1.29, 1.82) is 0 Å². The number of carbonyl (C=O) groups excluding carboxylic acids is 1. The van der Waals surface area contributed by atoms with E-state index in [9.17, 15) is 4.79 Å². The molecule has 1 amide bonds. The van der Waals surface area contributed by atoms with Crippen molar-refractivity contribution in [3.8, 4) is 0 Å². The molecule has 1 fully saturated rings. The average molecular weight is 297 g/mol. The predicted molar refractivity (Wildman–Crippen MR) is 72.3 cm³/mol. The number of pyridine rings is 1. The lowest BCUT2D eigenvalue weighted by Crippen LogP contribution is -2.20. The maximum atomic E-state index is 11.4. The van der Waals surface area contributed by atoms with Gasteiger partial charge in [0.15, 0.2) is 0 Å². The van der Waals surface area contributed by atoms with Gasteiger partial charge in [0.25, 0.3) is 0 Å². The van der Waals surface area contributed by atoms with Gasteiger partial charge >= 0.3 is 0 Å². The summed E-state index contributed by atoms with van der Waals surface area (Å²) in [4.78, 5) is 15.5. The van der Waals surface area contributed by atoms with Gasteiger partial charge in [0.1, 0.15) is 5.82 Å². The van der Waals surface area contributed by atoms with Crippen LogP contribution in [-0.2, 0) is 11.2 Å². The van der Waals surface area contributed by atoms with Gasteiger partial charge in [0, 0.05) is 6.20 Å². The summed E-state index contributed by atoms with van der Waals surface area (Å²) in [7, 11) is 0. The first-order chi connectivity index (χ1) is 8.15. The Morgan fingerprint density at radius 3 is 2.82 bits per heavy atom. The zero-order chi connectivity index (χ0) is 12.3. The van der Waals surface area contributed by atoms with E-state index in [0.29, 0.717) is 5.82 Å². The Kier molecular flexibility index (Phi) is 4.15. The number of carbonyl (C=O) groups is 1. The number of rotatable bonds is 4. The smallest absolute Gasteiger partial charge is 0.239 e. The van der Waals surface area contributed by atoms with Crippen LogP contribution in [0.1, 0.15) is 31.7 Å². The normalized spacial score (nSPS) is 17.3. The molecule has 4 heteroatoms. The Morgan fingerprint density at radius 1 is 1.59 bits per heavy atom. The lowest BCUT2D eigenvalue weighted by molar-refractivity contribution is -0.115. The zero-order valence-corrected chi connectivity index (χ0v) is 11.5. The molecule has 0 aliphatic heterocycles. The van der Waals surface area contributed by atoms with E-state index in [1.165, 1.54) is 24.8 Å². The van der Waals surface area contributed by atoms with E-state index in [0.717, 1.165) is 12.3 Å². The van der Waals surface area contributed by atoms with Crippen molar-refractivity contribution in [3.05, 3.63) is 23.9 Å². The van der Waals surface area contributed by atoms with Gasteiger partial charge in [0.2, 0.25) is 5.91 Å². The minimum atomic E-state index is -0.195. The van der Waals surface area contributed by atoms with Crippen molar-refractivity contribution in [1.82, 2.24) is 4.98 Å². The number of halogens is 1. The highest BCUT2D eigenvalue weighted by molar-refractivity contribution is 9.10. The Labute approximate surface area is 110 Å². The van der Waals surface area contributed by atoms with Crippen LogP contribution in [0.15, 0.2) is 18.3 Å². The molecule has 1 atom stereocenters. The van der Waals surface area contributed by atoms with Crippen LogP contribution in [0.3, 0.4) is 0 Å². The molecular formula is C13H17BrN2O. The fourth-order valence-electron chi connectivity index (χ4n) is 1.88. The molecule has 0 aromatic carbocycles. The molecular weight excluding hydrogens is 280 g/mol. The molecule has 1 aromatic rings. The SMILES string of the molecule is CC(Br)C(=O)Nc1ccc(CC2CCC2)cn1. The summed E-state index contributed by atoms with van der Waals surface area (Å²) in [6.45, 7) is 1.79. The third-order valence-corrected chi connectivity index (χ3v) is 3.60. The molecule has 1 aliphatic rings. The number of alkyl halides is 1. The first-order valence-electron chi connectivity index (χ1n) is 6.05. The van der Waals surface area contributed by atoms with Crippen LogP contribution in [0.5, 0.6) is 0 Å². The first-order valence-corrected chi connectivity index (χ1v) is 6.96. The van der Waals surface area contributed by atoms with Gasteiger partial charge in [-0.25, -0.2) is 4.98 Å². The summed E-state index contributed by atoms with van der Waals surface area (Å²) >= 11 is 3.22. The molecule has 2 rings (SSSR count). The second-order valence-electron chi connectivity index (χ2n) is 4.66. The number of aromatic nitrogens is 1. The van der Waals surface area contributed by atoms with Crippen LogP contribution in [-0.4, -0.2) is 15.7 Å².